The van der Waals surface area contributed by atoms with E-state index < -0.39 is 0 Å². The highest BCUT2D eigenvalue weighted by molar-refractivity contribution is 7.99. The van der Waals surface area contributed by atoms with Gasteiger partial charge in [-0.3, -0.25) is 0 Å². The molecule has 10 rings (SSSR count). The van der Waals surface area contributed by atoms with E-state index in [1.165, 1.54) is 69.3 Å². The largest absolute Gasteiger partial charge is 0.310 e. The summed E-state index contributed by atoms with van der Waals surface area (Å²) in [6, 6.07) is 70.3. The molecule has 0 unspecified atom stereocenters. The van der Waals surface area contributed by atoms with Crippen LogP contribution in [0.25, 0.3) is 42.4 Å². The molecule has 0 saturated carbocycles. The highest BCUT2D eigenvalue weighted by Crippen LogP contribution is 2.53. The van der Waals surface area contributed by atoms with Gasteiger partial charge in [-0.25, -0.2) is 0 Å². The Morgan fingerprint density at radius 3 is 1.69 bits per heavy atom. The van der Waals surface area contributed by atoms with Crippen LogP contribution in [0.3, 0.4) is 0 Å². The average Bonchev–Trinajstić information content (AvgIpc) is 3.59. The molecule has 52 heavy (non-hydrogen) atoms. The van der Waals surface area contributed by atoms with E-state index in [2.05, 4.69) is 204 Å². The van der Waals surface area contributed by atoms with Gasteiger partial charge in [0.25, 0.3) is 0 Å². The maximum Gasteiger partial charge on any atom is 0.0603 e. The lowest BCUT2D eigenvalue weighted by Gasteiger charge is -2.34. The van der Waals surface area contributed by atoms with Crippen molar-refractivity contribution in [1.82, 2.24) is 0 Å². The van der Waals surface area contributed by atoms with Gasteiger partial charge in [0.1, 0.15) is 0 Å². The van der Waals surface area contributed by atoms with Crippen LogP contribution >= 0.6 is 23.1 Å². The van der Waals surface area contributed by atoms with Crippen LogP contribution in [0.4, 0.5) is 34.1 Å². The summed E-state index contributed by atoms with van der Waals surface area (Å²) in [5, 5.41) is 2.64. The van der Waals surface area contributed by atoms with Gasteiger partial charge < -0.3 is 9.80 Å². The van der Waals surface area contributed by atoms with Crippen LogP contribution in [0.5, 0.6) is 0 Å². The number of benzene rings is 8. The zero-order valence-corrected chi connectivity index (χ0v) is 29.8. The van der Waals surface area contributed by atoms with Crippen molar-refractivity contribution in [1.29, 1.82) is 0 Å². The van der Waals surface area contributed by atoms with Gasteiger partial charge in [0.15, 0.2) is 0 Å². The Hall–Kier alpha value is -6.07. The smallest absolute Gasteiger partial charge is 0.0603 e. The summed E-state index contributed by atoms with van der Waals surface area (Å²) in [6.07, 6.45) is 0. The Labute approximate surface area is 311 Å². The minimum atomic E-state index is 1.11. The van der Waals surface area contributed by atoms with Crippen molar-refractivity contribution in [2.45, 2.75) is 9.79 Å². The molecule has 0 radical (unpaired) electrons. The number of hydrogen-bond donors (Lipinski definition) is 0. The third-order valence-corrected chi connectivity index (χ3v) is 12.1. The van der Waals surface area contributed by atoms with Gasteiger partial charge in [0, 0.05) is 52.7 Å². The molecule has 9 aromatic rings. The molecule has 0 aliphatic carbocycles. The Morgan fingerprint density at radius 1 is 0.365 bits per heavy atom. The topological polar surface area (TPSA) is 6.48 Å². The van der Waals surface area contributed by atoms with Crippen LogP contribution in [0, 0.1) is 0 Å². The first-order valence-corrected chi connectivity index (χ1v) is 19.1. The fourth-order valence-corrected chi connectivity index (χ4v) is 9.56. The highest BCUT2D eigenvalue weighted by atomic mass is 32.2. The third kappa shape index (κ3) is 5.45. The van der Waals surface area contributed by atoms with E-state index >= 15 is 0 Å². The van der Waals surface area contributed by atoms with Gasteiger partial charge >= 0.3 is 0 Å². The van der Waals surface area contributed by atoms with Crippen molar-refractivity contribution in [3.8, 4) is 22.3 Å². The van der Waals surface area contributed by atoms with E-state index in [4.69, 9.17) is 0 Å². The molecular formula is C48H32N2S2. The van der Waals surface area contributed by atoms with Crippen LogP contribution in [0.15, 0.2) is 204 Å². The number of para-hydroxylation sites is 2. The SMILES string of the molecule is c1ccc(-c2ccc(-c3ccc(N(c4ccccc4)c4ccc5c(c4)Sc4ccccc4N5c4ccc5c(c4)sc4ccccc45)cc3)cc2)cc1. The molecule has 246 valence electrons. The van der Waals surface area contributed by atoms with Crippen LogP contribution in [0.1, 0.15) is 0 Å². The third-order valence-electron chi connectivity index (χ3n) is 9.85. The van der Waals surface area contributed by atoms with E-state index in [1.54, 1.807) is 0 Å². The monoisotopic (exact) mass is 700 g/mol. The molecule has 8 aromatic carbocycles. The number of anilines is 6. The number of rotatable bonds is 6. The summed E-state index contributed by atoms with van der Waals surface area (Å²) in [4.78, 5) is 7.26. The normalized spacial score (nSPS) is 12.1. The molecule has 1 aromatic heterocycles. The van der Waals surface area contributed by atoms with Crippen molar-refractivity contribution in [3.63, 3.8) is 0 Å². The summed E-state index contributed by atoms with van der Waals surface area (Å²) in [5.41, 5.74) is 11.8. The number of hydrogen-bond acceptors (Lipinski definition) is 4. The molecule has 0 bridgehead atoms. The zero-order valence-electron chi connectivity index (χ0n) is 28.2. The van der Waals surface area contributed by atoms with Crippen LogP contribution < -0.4 is 9.80 Å². The maximum atomic E-state index is 2.43. The molecule has 0 spiro atoms. The molecule has 4 heteroatoms. The van der Waals surface area contributed by atoms with Crippen molar-refractivity contribution in [2.24, 2.45) is 0 Å². The maximum absolute atomic E-state index is 2.43. The molecular weight excluding hydrogens is 669 g/mol. The van der Waals surface area contributed by atoms with Gasteiger partial charge in [0.2, 0.25) is 0 Å². The summed E-state index contributed by atoms with van der Waals surface area (Å²) in [5.74, 6) is 0. The molecule has 2 nitrogen and oxygen atoms in total. The van der Waals surface area contributed by atoms with Gasteiger partial charge in [-0.2, -0.15) is 0 Å². The Kier molecular flexibility index (Phi) is 7.63. The minimum absolute atomic E-state index is 1.11. The summed E-state index contributed by atoms with van der Waals surface area (Å²) in [7, 11) is 0. The van der Waals surface area contributed by atoms with Gasteiger partial charge in [0.05, 0.1) is 11.4 Å². The first-order chi connectivity index (χ1) is 25.8. The van der Waals surface area contributed by atoms with Crippen molar-refractivity contribution >= 4 is 77.4 Å². The highest BCUT2D eigenvalue weighted by Gasteiger charge is 2.26. The molecule has 2 heterocycles. The quantitative estimate of drug-likeness (QED) is 0.170. The Balaban J connectivity index is 1.03. The second-order valence-electron chi connectivity index (χ2n) is 13.0. The molecule has 0 fully saturated rings. The van der Waals surface area contributed by atoms with Crippen LogP contribution in [-0.4, -0.2) is 0 Å². The molecule has 0 atom stereocenters. The summed E-state index contributed by atoms with van der Waals surface area (Å²) >= 11 is 3.71. The summed E-state index contributed by atoms with van der Waals surface area (Å²) < 4.78 is 2.63. The van der Waals surface area contributed by atoms with E-state index in [1.807, 2.05) is 23.1 Å². The van der Waals surface area contributed by atoms with Gasteiger partial charge in [-0.15, -0.1) is 11.3 Å². The Bertz CT molecular complexity index is 2700. The second kappa shape index (κ2) is 12.9. The first kappa shape index (κ1) is 30.7. The fourth-order valence-electron chi connectivity index (χ4n) is 7.33. The van der Waals surface area contributed by atoms with Crippen molar-refractivity contribution in [2.75, 3.05) is 9.80 Å². The molecule has 0 amide bonds. The van der Waals surface area contributed by atoms with Gasteiger partial charge in [-0.05, 0) is 95.1 Å². The van der Waals surface area contributed by atoms with Crippen molar-refractivity contribution in [3.05, 3.63) is 194 Å². The molecule has 1 aliphatic rings. The van der Waals surface area contributed by atoms with E-state index in [-0.39, 0.29) is 0 Å². The predicted octanol–water partition coefficient (Wildman–Crippen LogP) is 14.8. The van der Waals surface area contributed by atoms with Gasteiger partial charge in [-0.1, -0.05) is 133 Å². The average molecular weight is 701 g/mol. The van der Waals surface area contributed by atoms with Crippen molar-refractivity contribution < 1.29 is 0 Å². The van der Waals surface area contributed by atoms with E-state index in [0.29, 0.717) is 0 Å². The summed E-state index contributed by atoms with van der Waals surface area (Å²) in [6.45, 7) is 0. The Morgan fingerprint density at radius 2 is 0.923 bits per heavy atom. The lowest BCUT2D eigenvalue weighted by molar-refractivity contribution is 1.16. The zero-order chi connectivity index (χ0) is 34.4. The number of thiophene rings is 1. The first-order valence-electron chi connectivity index (χ1n) is 17.5. The number of nitrogens with zero attached hydrogens (tertiary/aromatic N) is 2. The van der Waals surface area contributed by atoms with E-state index in [9.17, 15) is 0 Å². The second-order valence-corrected chi connectivity index (χ2v) is 15.2. The predicted molar refractivity (Wildman–Crippen MR) is 224 cm³/mol. The van der Waals surface area contributed by atoms with E-state index in [0.717, 1.165) is 17.1 Å². The fraction of sp³-hybridized carbons (Fsp3) is 0. The lowest BCUT2D eigenvalue weighted by Crippen LogP contribution is -2.16. The lowest BCUT2D eigenvalue weighted by atomic mass is 10.00. The number of fused-ring (bicyclic) bond motifs is 5. The molecule has 1 aliphatic heterocycles. The molecule has 0 N–H and O–H groups in total. The minimum Gasteiger partial charge on any atom is -0.310 e. The standard InChI is InChI=1S/C48H32N2S2/c1-3-11-33(12-4-1)34-19-21-35(22-20-34)36-23-25-38(26-24-36)49(37-13-5-2-6-14-37)39-28-30-44-48(32-39)52-46-18-10-8-16-43(46)50(44)40-27-29-42-41-15-7-9-17-45(41)51-47(42)31-40/h1-32H. The van der Waals surface area contributed by atoms with Crippen LogP contribution in [-0.2, 0) is 0 Å². The molecule has 0 saturated heterocycles. The van der Waals surface area contributed by atoms with Crippen LogP contribution in [0.2, 0.25) is 0 Å².